The highest BCUT2D eigenvalue weighted by Gasteiger charge is 2.29. The molecule has 1 amide bonds. The fourth-order valence-corrected chi connectivity index (χ4v) is 3.60. The van der Waals surface area contributed by atoms with Gasteiger partial charge in [0, 0.05) is 22.7 Å². The zero-order chi connectivity index (χ0) is 17.8. The van der Waals surface area contributed by atoms with Crippen LogP contribution in [0, 0.1) is 10.1 Å². The number of hydrogen-bond donors (Lipinski definition) is 1. The van der Waals surface area contributed by atoms with Crippen molar-refractivity contribution in [2.24, 2.45) is 0 Å². The predicted molar refractivity (Wildman–Crippen MR) is 92.5 cm³/mol. The number of ether oxygens (including phenoxy) is 1. The fourth-order valence-electron chi connectivity index (χ4n) is 2.41. The highest BCUT2D eigenvalue weighted by molar-refractivity contribution is 8.01. The van der Waals surface area contributed by atoms with Crippen molar-refractivity contribution < 1.29 is 19.2 Å². The molecule has 1 heterocycles. The third-order valence-corrected chi connectivity index (χ3v) is 4.91. The largest absolute Gasteiger partial charge is 0.455 e. The number of carbonyl (C=O) groups is 2. The summed E-state index contributed by atoms with van der Waals surface area (Å²) in [6, 6.07) is 13.2. The summed E-state index contributed by atoms with van der Waals surface area (Å²) in [5.41, 5.74) is 1.43. The van der Waals surface area contributed by atoms with E-state index in [4.69, 9.17) is 4.74 Å². The second-order valence-electron chi connectivity index (χ2n) is 5.38. The van der Waals surface area contributed by atoms with E-state index in [1.54, 1.807) is 0 Å². The Morgan fingerprint density at radius 1 is 1.20 bits per heavy atom. The molecule has 2 aromatic rings. The van der Waals surface area contributed by atoms with Crippen LogP contribution in [0.3, 0.4) is 0 Å². The molecule has 1 unspecified atom stereocenters. The zero-order valence-electron chi connectivity index (χ0n) is 13.0. The monoisotopic (exact) mass is 358 g/mol. The van der Waals surface area contributed by atoms with Gasteiger partial charge in [-0.25, -0.2) is 0 Å². The molecule has 1 atom stereocenters. The second-order valence-corrected chi connectivity index (χ2v) is 6.62. The number of carbonyl (C=O) groups excluding carboxylic acids is 2. The first kappa shape index (κ1) is 17.0. The first-order valence-corrected chi connectivity index (χ1v) is 8.36. The van der Waals surface area contributed by atoms with Crippen molar-refractivity contribution in [3.8, 4) is 0 Å². The van der Waals surface area contributed by atoms with Crippen LogP contribution in [0.15, 0.2) is 53.4 Å². The molecule has 1 aliphatic rings. The Morgan fingerprint density at radius 2 is 1.92 bits per heavy atom. The van der Waals surface area contributed by atoms with Gasteiger partial charge in [-0.3, -0.25) is 19.7 Å². The maximum Gasteiger partial charge on any atom is 0.320 e. The molecule has 0 aliphatic carbocycles. The number of hydrogen-bond acceptors (Lipinski definition) is 6. The third-order valence-electron chi connectivity index (χ3n) is 3.62. The Hall–Kier alpha value is -2.87. The SMILES string of the molecule is O=C(COC(=O)C1Cc2ccccc2S1)Nc1ccc([N+](=O)[O-])cc1. The van der Waals surface area contributed by atoms with Crippen LogP contribution in [0.1, 0.15) is 5.56 Å². The summed E-state index contributed by atoms with van der Waals surface area (Å²) in [6.07, 6.45) is 0.587. The topological polar surface area (TPSA) is 98.5 Å². The summed E-state index contributed by atoms with van der Waals surface area (Å²) in [7, 11) is 0. The standard InChI is InChI=1S/C17H14N2O5S/c20-16(18-12-5-7-13(8-6-12)19(22)23)10-24-17(21)15-9-11-3-1-2-4-14(11)25-15/h1-8,15H,9-10H2,(H,18,20). The smallest absolute Gasteiger partial charge is 0.320 e. The molecular weight excluding hydrogens is 344 g/mol. The molecule has 128 valence electrons. The Morgan fingerprint density at radius 3 is 2.60 bits per heavy atom. The molecule has 0 aromatic heterocycles. The van der Waals surface area contributed by atoms with E-state index in [1.165, 1.54) is 36.0 Å². The molecule has 1 aliphatic heterocycles. The van der Waals surface area contributed by atoms with E-state index in [9.17, 15) is 19.7 Å². The molecule has 7 nitrogen and oxygen atoms in total. The van der Waals surface area contributed by atoms with Crippen molar-refractivity contribution in [3.05, 3.63) is 64.2 Å². The van der Waals surface area contributed by atoms with Gasteiger partial charge in [-0.05, 0) is 30.2 Å². The highest BCUT2D eigenvalue weighted by Crippen LogP contribution is 2.37. The molecule has 8 heteroatoms. The lowest BCUT2D eigenvalue weighted by molar-refractivity contribution is -0.384. The molecule has 2 aromatic carbocycles. The number of amides is 1. The number of rotatable bonds is 5. The van der Waals surface area contributed by atoms with Crippen LogP contribution < -0.4 is 5.32 Å². The number of nitro benzene ring substituents is 1. The van der Waals surface area contributed by atoms with Gasteiger partial charge in [-0.15, -0.1) is 11.8 Å². The number of fused-ring (bicyclic) bond motifs is 1. The number of thioether (sulfide) groups is 1. The first-order valence-electron chi connectivity index (χ1n) is 7.48. The lowest BCUT2D eigenvalue weighted by Gasteiger charge is -2.09. The van der Waals surface area contributed by atoms with Gasteiger partial charge in [0.1, 0.15) is 5.25 Å². The van der Waals surface area contributed by atoms with Crippen LogP contribution in [-0.4, -0.2) is 28.7 Å². The van der Waals surface area contributed by atoms with Crippen LogP contribution in [-0.2, 0) is 20.7 Å². The van der Waals surface area contributed by atoms with E-state index < -0.39 is 23.4 Å². The van der Waals surface area contributed by atoms with E-state index >= 15 is 0 Å². The Labute approximate surface area is 147 Å². The van der Waals surface area contributed by atoms with Gasteiger partial charge in [-0.2, -0.15) is 0 Å². The van der Waals surface area contributed by atoms with Crippen molar-refractivity contribution in [1.82, 2.24) is 0 Å². The second kappa shape index (κ2) is 7.35. The molecule has 0 radical (unpaired) electrons. The molecule has 1 N–H and O–H groups in total. The van der Waals surface area contributed by atoms with E-state index in [1.807, 2.05) is 24.3 Å². The van der Waals surface area contributed by atoms with Crippen LogP contribution in [0.4, 0.5) is 11.4 Å². The molecule has 3 rings (SSSR count). The van der Waals surface area contributed by atoms with E-state index in [0.29, 0.717) is 12.1 Å². The van der Waals surface area contributed by atoms with Crippen molar-refractivity contribution in [2.75, 3.05) is 11.9 Å². The number of non-ortho nitro benzene ring substituents is 1. The molecule has 0 fully saturated rings. The van der Waals surface area contributed by atoms with Crippen molar-refractivity contribution in [3.63, 3.8) is 0 Å². The van der Waals surface area contributed by atoms with Gasteiger partial charge in [0.2, 0.25) is 0 Å². The Kier molecular flexibility index (Phi) is 4.99. The Bertz CT molecular complexity index is 797. The summed E-state index contributed by atoms with van der Waals surface area (Å²) in [5.74, 6) is -0.928. The molecule has 0 saturated heterocycles. The van der Waals surface area contributed by atoms with Gasteiger partial charge in [0.05, 0.1) is 4.92 Å². The maximum absolute atomic E-state index is 12.1. The average Bonchev–Trinajstić information content (AvgIpc) is 3.04. The van der Waals surface area contributed by atoms with Gasteiger partial charge >= 0.3 is 5.97 Å². The number of nitrogens with zero attached hydrogens (tertiary/aromatic N) is 1. The summed E-state index contributed by atoms with van der Waals surface area (Å²) in [6.45, 7) is -0.400. The van der Waals surface area contributed by atoms with E-state index in [-0.39, 0.29) is 10.9 Å². The van der Waals surface area contributed by atoms with Crippen molar-refractivity contribution in [2.45, 2.75) is 16.6 Å². The summed E-state index contributed by atoms with van der Waals surface area (Å²) in [4.78, 5) is 35.0. The molecule has 0 saturated carbocycles. The zero-order valence-corrected chi connectivity index (χ0v) is 13.8. The van der Waals surface area contributed by atoms with Crippen molar-refractivity contribution >= 4 is 35.0 Å². The first-order chi connectivity index (χ1) is 12.0. The number of anilines is 1. The lowest BCUT2D eigenvalue weighted by Crippen LogP contribution is -2.26. The quantitative estimate of drug-likeness (QED) is 0.501. The summed E-state index contributed by atoms with van der Waals surface area (Å²) >= 11 is 1.43. The highest BCUT2D eigenvalue weighted by atomic mass is 32.2. The van der Waals surface area contributed by atoms with E-state index in [0.717, 1.165) is 10.5 Å². The Balaban J connectivity index is 1.48. The van der Waals surface area contributed by atoms with Gasteiger partial charge in [0.15, 0.2) is 6.61 Å². The van der Waals surface area contributed by atoms with Crippen LogP contribution in [0.5, 0.6) is 0 Å². The lowest BCUT2D eigenvalue weighted by atomic mass is 10.1. The minimum absolute atomic E-state index is 0.0674. The molecular formula is C17H14N2O5S. The molecule has 0 bridgehead atoms. The summed E-state index contributed by atoms with van der Waals surface area (Å²) < 4.78 is 5.07. The van der Waals surface area contributed by atoms with Crippen LogP contribution >= 0.6 is 11.8 Å². The number of nitrogens with one attached hydrogen (secondary N) is 1. The third kappa shape index (κ3) is 4.16. The van der Waals surface area contributed by atoms with Gasteiger partial charge in [-0.1, -0.05) is 18.2 Å². The van der Waals surface area contributed by atoms with Gasteiger partial charge < -0.3 is 10.1 Å². The minimum Gasteiger partial charge on any atom is -0.455 e. The maximum atomic E-state index is 12.1. The number of benzene rings is 2. The summed E-state index contributed by atoms with van der Waals surface area (Å²) in [5, 5.41) is 12.8. The fraction of sp³-hybridized carbons (Fsp3) is 0.176. The van der Waals surface area contributed by atoms with Crippen LogP contribution in [0.25, 0.3) is 0 Å². The molecule has 0 spiro atoms. The van der Waals surface area contributed by atoms with Crippen LogP contribution in [0.2, 0.25) is 0 Å². The number of nitro groups is 1. The van der Waals surface area contributed by atoms with E-state index in [2.05, 4.69) is 5.32 Å². The predicted octanol–water partition coefficient (Wildman–Crippen LogP) is 2.79. The van der Waals surface area contributed by atoms with Crippen molar-refractivity contribution in [1.29, 1.82) is 0 Å². The average molecular weight is 358 g/mol. The minimum atomic E-state index is -0.523. The normalized spacial score (nSPS) is 15.3. The number of esters is 1. The van der Waals surface area contributed by atoms with Gasteiger partial charge in [0.25, 0.3) is 11.6 Å². The molecule has 25 heavy (non-hydrogen) atoms.